The second-order valence-electron chi connectivity index (χ2n) is 4.76. The molecule has 0 aromatic rings. The Bertz CT molecular complexity index is 102. The van der Waals surface area contributed by atoms with Crippen LogP contribution in [0.5, 0.6) is 0 Å². The lowest BCUT2D eigenvalue weighted by molar-refractivity contribution is 0.401. The Labute approximate surface area is 90.7 Å². The fraction of sp³-hybridized carbons (Fsp3) is 1.00. The molecule has 0 aliphatic heterocycles. The molecule has 0 saturated heterocycles. The average molecular weight is 199 g/mol. The van der Waals surface area contributed by atoms with Gasteiger partial charge in [0.2, 0.25) is 0 Å². The van der Waals surface area contributed by atoms with Crippen LogP contribution in [0, 0.1) is 5.92 Å². The van der Waals surface area contributed by atoms with Gasteiger partial charge in [0.15, 0.2) is 0 Å². The van der Waals surface area contributed by atoms with Crippen molar-refractivity contribution in [3.8, 4) is 0 Å². The van der Waals surface area contributed by atoms with E-state index >= 15 is 0 Å². The van der Waals surface area contributed by atoms with Crippen molar-refractivity contribution in [3.05, 3.63) is 0 Å². The Morgan fingerprint density at radius 2 is 1.64 bits per heavy atom. The van der Waals surface area contributed by atoms with Gasteiger partial charge in [-0.25, -0.2) is 0 Å². The molecule has 1 unspecified atom stereocenters. The molecule has 0 rings (SSSR count). The third kappa shape index (κ3) is 8.55. The first kappa shape index (κ1) is 14.0. The zero-order valence-electron chi connectivity index (χ0n) is 10.6. The first-order chi connectivity index (χ1) is 6.70. The van der Waals surface area contributed by atoms with E-state index < -0.39 is 0 Å². The molecule has 1 atom stereocenters. The Morgan fingerprint density at radius 3 is 2.14 bits per heavy atom. The van der Waals surface area contributed by atoms with E-state index in [1.807, 2.05) is 0 Å². The highest BCUT2D eigenvalue weighted by Crippen LogP contribution is 2.11. The van der Waals surface area contributed by atoms with Gasteiger partial charge in [-0.05, 0) is 38.1 Å². The van der Waals surface area contributed by atoms with Gasteiger partial charge in [-0.3, -0.25) is 0 Å². The van der Waals surface area contributed by atoms with Crippen LogP contribution in [0.4, 0.5) is 0 Å². The molecule has 0 amide bonds. The van der Waals surface area contributed by atoms with Gasteiger partial charge in [0, 0.05) is 6.04 Å². The normalized spacial score (nSPS) is 13.5. The molecule has 0 spiro atoms. The van der Waals surface area contributed by atoms with Crippen molar-refractivity contribution < 1.29 is 0 Å². The second-order valence-corrected chi connectivity index (χ2v) is 4.76. The third-order valence-corrected chi connectivity index (χ3v) is 2.68. The summed E-state index contributed by atoms with van der Waals surface area (Å²) in [6.45, 7) is 10.3. The van der Waals surface area contributed by atoms with Crippen LogP contribution < -0.4 is 5.32 Å². The van der Waals surface area contributed by atoms with Crippen molar-refractivity contribution in [2.24, 2.45) is 5.92 Å². The smallest absolute Gasteiger partial charge is 0.00671 e. The second kappa shape index (κ2) is 9.51. The maximum atomic E-state index is 3.66. The average Bonchev–Trinajstić information content (AvgIpc) is 2.16. The summed E-state index contributed by atoms with van der Waals surface area (Å²) in [6.07, 6.45) is 8.04. The molecular weight excluding hydrogens is 170 g/mol. The number of unbranched alkanes of at least 4 members (excludes halogenated alkanes) is 1. The fourth-order valence-corrected chi connectivity index (χ4v) is 1.68. The highest BCUT2D eigenvalue weighted by atomic mass is 14.9. The number of hydrogen-bond acceptors (Lipinski definition) is 1. The molecule has 1 heteroatoms. The molecule has 86 valence electrons. The number of rotatable bonds is 9. The van der Waals surface area contributed by atoms with Crippen LogP contribution in [0.25, 0.3) is 0 Å². The van der Waals surface area contributed by atoms with E-state index in [0.29, 0.717) is 0 Å². The molecule has 14 heavy (non-hydrogen) atoms. The monoisotopic (exact) mass is 199 g/mol. The van der Waals surface area contributed by atoms with E-state index in [4.69, 9.17) is 0 Å². The summed E-state index contributed by atoms with van der Waals surface area (Å²) in [5, 5.41) is 3.66. The third-order valence-electron chi connectivity index (χ3n) is 2.68. The lowest BCUT2D eigenvalue weighted by Gasteiger charge is -2.19. The van der Waals surface area contributed by atoms with Crippen molar-refractivity contribution in [2.75, 3.05) is 6.54 Å². The van der Waals surface area contributed by atoms with Gasteiger partial charge in [0.25, 0.3) is 0 Å². The van der Waals surface area contributed by atoms with Crippen LogP contribution in [0.3, 0.4) is 0 Å². The first-order valence-corrected chi connectivity index (χ1v) is 6.44. The van der Waals surface area contributed by atoms with Crippen molar-refractivity contribution in [3.63, 3.8) is 0 Å². The van der Waals surface area contributed by atoms with Gasteiger partial charge in [-0.15, -0.1) is 0 Å². The predicted octanol–water partition coefficient (Wildman–Crippen LogP) is 3.98. The lowest BCUT2D eigenvalue weighted by atomic mass is 9.99. The molecule has 1 N–H and O–H groups in total. The largest absolute Gasteiger partial charge is 0.314 e. The topological polar surface area (TPSA) is 12.0 Å². The van der Waals surface area contributed by atoms with Crippen LogP contribution in [0.1, 0.15) is 66.2 Å². The Balaban J connectivity index is 3.60. The minimum atomic E-state index is 0.775. The molecule has 0 aromatic heterocycles. The summed E-state index contributed by atoms with van der Waals surface area (Å²) >= 11 is 0. The van der Waals surface area contributed by atoms with Gasteiger partial charge in [-0.1, -0.05) is 40.5 Å². The number of hydrogen-bond donors (Lipinski definition) is 1. The van der Waals surface area contributed by atoms with Crippen LogP contribution >= 0.6 is 0 Å². The number of nitrogens with one attached hydrogen (secondary N) is 1. The minimum Gasteiger partial charge on any atom is -0.314 e. The lowest BCUT2D eigenvalue weighted by Crippen LogP contribution is -2.30. The molecule has 0 radical (unpaired) electrons. The van der Waals surface area contributed by atoms with E-state index in [1.54, 1.807) is 0 Å². The van der Waals surface area contributed by atoms with E-state index in [9.17, 15) is 0 Å². The zero-order valence-corrected chi connectivity index (χ0v) is 10.6. The maximum absolute atomic E-state index is 3.66. The van der Waals surface area contributed by atoms with Gasteiger partial charge in [0.1, 0.15) is 0 Å². The molecule has 0 aromatic carbocycles. The standard InChI is InChI=1S/C13H29N/c1-5-7-8-13(14-11-6-2)10-9-12(3)4/h12-14H,5-11H2,1-4H3. The summed E-state index contributed by atoms with van der Waals surface area (Å²) in [6, 6.07) is 0.775. The molecule has 0 heterocycles. The van der Waals surface area contributed by atoms with E-state index in [2.05, 4.69) is 33.0 Å². The van der Waals surface area contributed by atoms with Gasteiger partial charge >= 0.3 is 0 Å². The summed E-state index contributed by atoms with van der Waals surface area (Å²) in [5.74, 6) is 0.850. The summed E-state index contributed by atoms with van der Waals surface area (Å²) in [7, 11) is 0. The van der Waals surface area contributed by atoms with Crippen LogP contribution in [0.2, 0.25) is 0 Å². The summed E-state index contributed by atoms with van der Waals surface area (Å²) in [4.78, 5) is 0. The highest BCUT2D eigenvalue weighted by Gasteiger charge is 2.07. The van der Waals surface area contributed by atoms with Crippen LogP contribution in [0.15, 0.2) is 0 Å². The molecule has 0 fully saturated rings. The minimum absolute atomic E-state index is 0.775. The molecule has 1 nitrogen and oxygen atoms in total. The Kier molecular flexibility index (Phi) is 9.49. The van der Waals surface area contributed by atoms with E-state index in [-0.39, 0.29) is 0 Å². The predicted molar refractivity (Wildman–Crippen MR) is 65.7 cm³/mol. The van der Waals surface area contributed by atoms with Gasteiger partial charge in [0.05, 0.1) is 0 Å². The maximum Gasteiger partial charge on any atom is 0.00671 e. The SMILES string of the molecule is CCCCC(CCC(C)C)NCCC. The van der Waals surface area contributed by atoms with Gasteiger partial charge in [-0.2, -0.15) is 0 Å². The summed E-state index contributed by atoms with van der Waals surface area (Å²) < 4.78 is 0. The van der Waals surface area contributed by atoms with Crippen molar-refractivity contribution in [1.82, 2.24) is 5.32 Å². The summed E-state index contributed by atoms with van der Waals surface area (Å²) in [5.41, 5.74) is 0. The molecule has 0 aliphatic rings. The quantitative estimate of drug-likeness (QED) is 0.592. The Morgan fingerprint density at radius 1 is 0.929 bits per heavy atom. The molecule has 0 aliphatic carbocycles. The Hall–Kier alpha value is -0.0400. The van der Waals surface area contributed by atoms with E-state index in [0.717, 1.165) is 12.0 Å². The van der Waals surface area contributed by atoms with Crippen molar-refractivity contribution in [2.45, 2.75) is 72.3 Å². The zero-order chi connectivity index (χ0) is 10.8. The van der Waals surface area contributed by atoms with Gasteiger partial charge < -0.3 is 5.32 Å². The molecular formula is C13H29N. The van der Waals surface area contributed by atoms with Crippen molar-refractivity contribution in [1.29, 1.82) is 0 Å². The van der Waals surface area contributed by atoms with Crippen LogP contribution in [-0.2, 0) is 0 Å². The molecule has 0 bridgehead atoms. The fourth-order valence-electron chi connectivity index (χ4n) is 1.68. The molecule has 0 saturated carbocycles. The first-order valence-electron chi connectivity index (χ1n) is 6.44. The highest BCUT2D eigenvalue weighted by molar-refractivity contribution is 4.67. The van der Waals surface area contributed by atoms with E-state index in [1.165, 1.54) is 45.1 Å². The van der Waals surface area contributed by atoms with Crippen molar-refractivity contribution >= 4 is 0 Å². The van der Waals surface area contributed by atoms with Crippen LogP contribution in [-0.4, -0.2) is 12.6 Å².